The summed E-state index contributed by atoms with van der Waals surface area (Å²) in [5, 5.41) is 0. The van der Waals surface area contributed by atoms with Crippen LogP contribution in [0.1, 0.15) is 12.5 Å². The second-order valence-corrected chi connectivity index (χ2v) is 7.01. The molecule has 1 amide bonds. The first-order chi connectivity index (χ1) is 12.5. The molecule has 1 fully saturated rings. The molecular formula is C19H16FNO3S2. The number of hydrogen-bond donors (Lipinski definition) is 0. The Morgan fingerprint density at radius 3 is 2.58 bits per heavy atom. The summed E-state index contributed by atoms with van der Waals surface area (Å²) in [4.78, 5) is 14.6. The van der Waals surface area contributed by atoms with Crippen molar-refractivity contribution < 1.29 is 18.7 Å². The number of benzene rings is 2. The minimum absolute atomic E-state index is 0.237. The Morgan fingerprint density at radius 2 is 1.92 bits per heavy atom. The standard InChI is InChI=1S/C19H16FNO3S2/c1-3-24-15-9-4-12(10-16(15)23-2)11-17-18(22)21(19(25)26-17)14-7-5-13(20)6-8-14/h4-11H,3H2,1-2H3. The molecule has 0 aliphatic carbocycles. The van der Waals surface area contributed by atoms with Crippen LogP contribution in [-0.2, 0) is 4.79 Å². The minimum atomic E-state index is -0.365. The summed E-state index contributed by atoms with van der Waals surface area (Å²) < 4.78 is 24.4. The monoisotopic (exact) mass is 389 g/mol. The fraction of sp³-hybridized carbons (Fsp3) is 0.158. The lowest BCUT2D eigenvalue weighted by atomic mass is 10.2. The lowest BCUT2D eigenvalue weighted by Crippen LogP contribution is -2.27. The molecule has 0 saturated carbocycles. The Kier molecular flexibility index (Phi) is 5.58. The van der Waals surface area contributed by atoms with Crippen LogP contribution in [0.2, 0.25) is 0 Å². The van der Waals surface area contributed by atoms with Crippen LogP contribution in [0.15, 0.2) is 47.4 Å². The Balaban J connectivity index is 1.89. The molecule has 0 radical (unpaired) electrons. The molecule has 0 atom stereocenters. The van der Waals surface area contributed by atoms with Crippen molar-refractivity contribution in [3.8, 4) is 11.5 Å². The first-order valence-electron chi connectivity index (χ1n) is 7.88. The molecule has 3 rings (SSSR count). The topological polar surface area (TPSA) is 38.8 Å². The molecule has 26 heavy (non-hydrogen) atoms. The largest absolute Gasteiger partial charge is 0.493 e. The van der Waals surface area contributed by atoms with Gasteiger partial charge in [-0.3, -0.25) is 9.69 Å². The number of amides is 1. The lowest BCUT2D eigenvalue weighted by molar-refractivity contribution is -0.113. The number of thioether (sulfide) groups is 1. The van der Waals surface area contributed by atoms with Gasteiger partial charge in [-0.25, -0.2) is 4.39 Å². The van der Waals surface area contributed by atoms with E-state index >= 15 is 0 Å². The van der Waals surface area contributed by atoms with Gasteiger partial charge in [-0.15, -0.1) is 0 Å². The molecule has 1 aliphatic rings. The number of rotatable bonds is 5. The van der Waals surface area contributed by atoms with Crippen molar-refractivity contribution in [2.75, 3.05) is 18.6 Å². The number of thiocarbonyl (C=S) groups is 1. The summed E-state index contributed by atoms with van der Waals surface area (Å²) in [6.45, 7) is 2.43. The van der Waals surface area contributed by atoms with Gasteiger partial charge in [0.05, 0.1) is 24.3 Å². The molecule has 0 bridgehead atoms. The van der Waals surface area contributed by atoms with Gasteiger partial charge < -0.3 is 9.47 Å². The summed E-state index contributed by atoms with van der Waals surface area (Å²) in [6.07, 6.45) is 1.75. The van der Waals surface area contributed by atoms with Crippen LogP contribution in [0.25, 0.3) is 6.08 Å². The van der Waals surface area contributed by atoms with Crippen molar-refractivity contribution in [1.82, 2.24) is 0 Å². The highest BCUT2D eigenvalue weighted by atomic mass is 32.2. The number of ether oxygens (including phenoxy) is 2. The van der Waals surface area contributed by atoms with E-state index < -0.39 is 0 Å². The third-order valence-electron chi connectivity index (χ3n) is 3.66. The van der Waals surface area contributed by atoms with Crippen LogP contribution < -0.4 is 14.4 Å². The maximum Gasteiger partial charge on any atom is 0.270 e. The van der Waals surface area contributed by atoms with Crippen LogP contribution >= 0.6 is 24.0 Å². The number of hydrogen-bond acceptors (Lipinski definition) is 5. The molecule has 0 spiro atoms. The van der Waals surface area contributed by atoms with Gasteiger partial charge in [0.1, 0.15) is 5.82 Å². The molecule has 0 N–H and O–H groups in total. The van der Waals surface area contributed by atoms with E-state index in [0.29, 0.717) is 33.0 Å². The van der Waals surface area contributed by atoms with E-state index in [0.717, 1.165) is 5.56 Å². The average Bonchev–Trinajstić information content (AvgIpc) is 2.91. The van der Waals surface area contributed by atoms with Crippen LogP contribution in [0.4, 0.5) is 10.1 Å². The van der Waals surface area contributed by atoms with Gasteiger partial charge in [0.2, 0.25) is 0 Å². The summed E-state index contributed by atoms with van der Waals surface area (Å²) in [5.41, 5.74) is 1.34. The smallest absolute Gasteiger partial charge is 0.270 e. The molecule has 2 aromatic carbocycles. The zero-order chi connectivity index (χ0) is 18.7. The highest BCUT2D eigenvalue weighted by Gasteiger charge is 2.33. The van der Waals surface area contributed by atoms with Gasteiger partial charge in [0, 0.05) is 0 Å². The fourth-order valence-electron chi connectivity index (χ4n) is 2.48. The van der Waals surface area contributed by atoms with Crippen LogP contribution in [0, 0.1) is 5.82 Å². The van der Waals surface area contributed by atoms with E-state index in [2.05, 4.69) is 0 Å². The van der Waals surface area contributed by atoms with Crippen LogP contribution in [0.5, 0.6) is 11.5 Å². The lowest BCUT2D eigenvalue weighted by Gasteiger charge is -2.14. The van der Waals surface area contributed by atoms with Crippen molar-refractivity contribution in [2.45, 2.75) is 6.92 Å². The molecule has 1 saturated heterocycles. The minimum Gasteiger partial charge on any atom is -0.493 e. The van der Waals surface area contributed by atoms with Crippen molar-refractivity contribution >= 4 is 46.0 Å². The first-order valence-corrected chi connectivity index (χ1v) is 9.10. The van der Waals surface area contributed by atoms with Gasteiger partial charge in [-0.2, -0.15) is 0 Å². The summed E-state index contributed by atoms with van der Waals surface area (Å²) in [6, 6.07) is 11.1. The summed E-state index contributed by atoms with van der Waals surface area (Å²) >= 11 is 6.53. The first kappa shape index (κ1) is 18.4. The number of carbonyl (C=O) groups is 1. The quantitative estimate of drug-likeness (QED) is 0.550. The van der Waals surface area contributed by atoms with E-state index in [1.807, 2.05) is 13.0 Å². The average molecular weight is 389 g/mol. The Morgan fingerprint density at radius 1 is 1.19 bits per heavy atom. The van der Waals surface area contributed by atoms with Crippen molar-refractivity contribution in [1.29, 1.82) is 0 Å². The van der Waals surface area contributed by atoms with Crippen molar-refractivity contribution in [2.24, 2.45) is 0 Å². The summed E-state index contributed by atoms with van der Waals surface area (Å²) in [5.74, 6) is 0.635. The number of carbonyl (C=O) groups excluding carboxylic acids is 1. The predicted molar refractivity (Wildman–Crippen MR) is 106 cm³/mol. The zero-order valence-electron chi connectivity index (χ0n) is 14.2. The third-order valence-corrected chi connectivity index (χ3v) is 4.97. The molecule has 0 unspecified atom stereocenters. The van der Waals surface area contributed by atoms with E-state index in [1.165, 1.54) is 40.9 Å². The Labute approximate surface area is 160 Å². The number of anilines is 1. The van der Waals surface area contributed by atoms with E-state index in [1.54, 1.807) is 25.3 Å². The molecule has 134 valence electrons. The zero-order valence-corrected chi connectivity index (χ0v) is 15.8. The third kappa shape index (κ3) is 3.73. The Hall–Kier alpha value is -2.38. The molecule has 7 heteroatoms. The molecule has 2 aromatic rings. The highest BCUT2D eigenvalue weighted by Crippen LogP contribution is 2.37. The SMILES string of the molecule is CCOc1ccc(C=C2SC(=S)N(c3ccc(F)cc3)C2=O)cc1OC. The molecule has 1 heterocycles. The Bertz CT molecular complexity index is 881. The van der Waals surface area contributed by atoms with Gasteiger partial charge in [-0.1, -0.05) is 30.0 Å². The molecule has 1 aliphatic heterocycles. The number of nitrogens with zero attached hydrogens (tertiary/aromatic N) is 1. The van der Waals surface area contributed by atoms with Gasteiger partial charge >= 0.3 is 0 Å². The summed E-state index contributed by atoms with van der Waals surface area (Å²) in [7, 11) is 1.57. The predicted octanol–water partition coefficient (Wildman–Crippen LogP) is 4.64. The second kappa shape index (κ2) is 7.88. The van der Waals surface area contributed by atoms with Gasteiger partial charge in [-0.05, 0) is 55.0 Å². The van der Waals surface area contributed by atoms with Crippen molar-refractivity contribution in [3.63, 3.8) is 0 Å². The number of halogens is 1. The fourth-order valence-corrected chi connectivity index (χ4v) is 3.78. The number of methoxy groups -OCH3 is 1. The maximum absolute atomic E-state index is 13.1. The molecule has 4 nitrogen and oxygen atoms in total. The van der Waals surface area contributed by atoms with E-state index in [4.69, 9.17) is 21.7 Å². The van der Waals surface area contributed by atoms with E-state index in [9.17, 15) is 9.18 Å². The highest BCUT2D eigenvalue weighted by molar-refractivity contribution is 8.27. The van der Waals surface area contributed by atoms with Crippen LogP contribution in [0.3, 0.4) is 0 Å². The second-order valence-electron chi connectivity index (χ2n) is 5.34. The normalized spacial score (nSPS) is 15.7. The van der Waals surface area contributed by atoms with Crippen molar-refractivity contribution in [3.05, 3.63) is 58.8 Å². The van der Waals surface area contributed by atoms with Gasteiger partial charge in [0.15, 0.2) is 15.8 Å². The molecular weight excluding hydrogens is 373 g/mol. The maximum atomic E-state index is 13.1. The molecule has 0 aromatic heterocycles. The van der Waals surface area contributed by atoms with Gasteiger partial charge in [0.25, 0.3) is 5.91 Å². The van der Waals surface area contributed by atoms with E-state index in [-0.39, 0.29) is 11.7 Å². The van der Waals surface area contributed by atoms with Crippen LogP contribution in [-0.4, -0.2) is 23.9 Å².